The van der Waals surface area contributed by atoms with Crippen LogP contribution >= 0.6 is 0 Å². The number of hydrogen-bond donors (Lipinski definition) is 1. The van der Waals surface area contributed by atoms with Gasteiger partial charge in [0.2, 0.25) is 5.91 Å². The second-order valence-corrected chi connectivity index (χ2v) is 3.77. The van der Waals surface area contributed by atoms with Crippen LogP contribution in [0, 0.1) is 6.92 Å². The van der Waals surface area contributed by atoms with Gasteiger partial charge in [-0.3, -0.25) is 4.79 Å². The standard InChI is InChI=1S/C13H15NO4/c1-9-8-10(14-12(16)4-3-7-15)5-6-11(9)13(17)18-2/h5-8H,3-4H2,1-2H3,(H,14,16). The molecular weight excluding hydrogens is 234 g/mol. The molecule has 96 valence electrons. The van der Waals surface area contributed by atoms with Gasteiger partial charge in [0.05, 0.1) is 12.7 Å². The van der Waals surface area contributed by atoms with E-state index < -0.39 is 5.97 Å². The Hall–Kier alpha value is -2.17. The fourth-order valence-electron chi connectivity index (χ4n) is 1.49. The van der Waals surface area contributed by atoms with Gasteiger partial charge in [-0.1, -0.05) is 0 Å². The summed E-state index contributed by atoms with van der Waals surface area (Å²) in [7, 11) is 1.32. The molecule has 0 aromatic heterocycles. The number of amides is 1. The summed E-state index contributed by atoms with van der Waals surface area (Å²) in [5, 5.41) is 2.65. The number of nitrogens with one attached hydrogen (secondary N) is 1. The van der Waals surface area contributed by atoms with E-state index in [0.717, 1.165) is 5.56 Å². The van der Waals surface area contributed by atoms with Crippen molar-refractivity contribution in [2.75, 3.05) is 12.4 Å². The largest absolute Gasteiger partial charge is 0.465 e. The molecule has 0 bridgehead atoms. The molecule has 1 aromatic carbocycles. The Morgan fingerprint density at radius 3 is 2.67 bits per heavy atom. The van der Waals surface area contributed by atoms with E-state index >= 15 is 0 Å². The van der Waals surface area contributed by atoms with Crippen molar-refractivity contribution < 1.29 is 19.1 Å². The molecule has 0 unspecified atom stereocenters. The van der Waals surface area contributed by atoms with Gasteiger partial charge in [0.15, 0.2) is 0 Å². The van der Waals surface area contributed by atoms with Gasteiger partial charge in [-0.05, 0) is 30.7 Å². The zero-order valence-corrected chi connectivity index (χ0v) is 10.4. The Kier molecular flexibility index (Phi) is 5.05. The summed E-state index contributed by atoms with van der Waals surface area (Å²) in [6.45, 7) is 1.76. The highest BCUT2D eigenvalue weighted by Gasteiger charge is 2.10. The molecule has 5 nitrogen and oxygen atoms in total. The highest BCUT2D eigenvalue weighted by atomic mass is 16.5. The third kappa shape index (κ3) is 3.69. The Balaban J connectivity index is 2.75. The number of carbonyl (C=O) groups is 3. The van der Waals surface area contributed by atoms with E-state index in [2.05, 4.69) is 10.1 Å². The van der Waals surface area contributed by atoms with Crippen molar-refractivity contribution in [2.24, 2.45) is 0 Å². The first-order valence-corrected chi connectivity index (χ1v) is 5.51. The van der Waals surface area contributed by atoms with E-state index in [1.54, 1.807) is 25.1 Å². The predicted molar refractivity (Wildman–Crippen MR) is 66.4 cm³/mol. The fourth-order valence-corrected chi connectivity index (χ4v) is 1.49. The number of benzene rings is 1. The number of rotatable bonds is 5. The van der Waals surface area contributed by atoms with Crippen molar-refractivity contribution in [2.45, 2.75) is 19.8 Å². The molecule has 0 radical (unpaired) electrons. The lowest BCUT2D eigenvalue weighted by atomic mass is 10.1. The molecular formula is C13H15NO4. The molecule has 18 heavy (non-hydrogen) atoms. The van der Waals surface area contributed by atoms with Crippen molar-refractivity contribution in [1.82, 2.24) is 0 Å². The van der Waals surface area contributed by atoms with Crippen molar-refractivity contribution in [1.29, 1.82) is 0 Å². The summed E-state index contributed by atoms with van der Waals surface area (Å²) < 4.78 is 4.63. The van der Waals surface area contributed by atoms with E-state index in [9.17, 15) is 14.4 Å². The van der Waals surface area contributed by atoms with Crippen LogP contribution in [0.3, 0.4) is 0 Å². The molecule has 1 rings (SSSR count). The van der Waals surface area contributed by atoms with Crippen molar-refractivity contribution >= 4 is 23.9 Å². The number of carbonyl (C=O) groups excluding carboxylic acids is 3. The first kappa shape index (κ1) is 13.9. The van der Waals surface area contributed by atoms with Crippen LogP contribution < -0.4 is 5.32 Å². The first-order chi connectivity index (χ1) is 8.58. The Bertz CT molecular complexity index is 468. The van der Waals surface area contributed by atoms with Gasteiger partial charge < -0.3 is 14.8 Å². The molecule has 0 heterocycles. The molecule has 0 saturated heterocycles. The fraction of sp³-hybridized carbons (Fsp3) is 0.308. The average molecular weight is 249 g/mol. The molecule has 0 atom stereocenters. The molecule has 0 saturated carbocycles. The van der Waals surface area contributed by atoms with Crippen LogP contribution in [-0.4, -0.2) is 25.3 Å². The van der Waals surface area contributed by atoms with Crippen LogP contribution in [0.2, 0.25) is 0 Å². The van der Waals surface area contributed by atoms with Crippen molar-refractivity contribution in [3.63, 3.8) is 0 Å². The summed E-state index contributed by atoms with van der Waals surface area (Å²) in [5.74, 6) is -0.640. The molecule has 1 amide bonds. The highest BCUT2D eigenvalue weighted by Crippen LogP contribution is 2.16. The van der Waals surface area contributed by atoms with Crippen LogP contribution in [0.15, 0.2) is 18.2 Å². The third-order valence-electron chi connectivity index (χ3n) is 2.40. The van der Waals surface area contributed by atoms with Gasteiger partial charge >= 0.3 is 5.97 Å². The number of esters is 1. The van der Waals surface area contributed by atoms with Crippen LogP contribution in [0.1, 0.15) is 28.8 Å². The van der Waals surface area contributed by atoms with Crippen LogP contribution in [0.5, 0.6) is 0 Å². The summed E-state index contributed by atoms with van der Waals surface area (Å²) in [6, 6.07) is 4.90. The summed E-state index contributed by atoms with van der Waals surface area (Å²) >= 11 is 0. The zero-order valence-electron chi connectivity index (χ0n) is 10.4. The number of aryl methyl sites for hydroxylation is 1. The summed E-state index contributed by atoms with van der Waals surface area (Å²) in [4.78, 5) is 32.9. The number of hydrogen-bond acceptors (Lipinski definition) is 4. The lowest BCUT2D eigenvalue weighted by Crippen LogP contribution is -2.12. The normalized spacial score (nSPS) is 9.67. The van der Waals surface area contributed by atoms with Crippen LogP contribution in [0.25, 0.3) is 0 Å². The monoisotopic (exact) mass is 249 g/mol. The topological polar surface area (TPSA) is 72.5 Å². The van der Waals surface area contributed by atoms with E-state index in [4.69, 9.17) is 0 Å². The Morgan fingerprint density at radius 1 is 1.39 bits per heavy atom. The Labute approximate surface area is 105 Å². The quantitative estimate of drug-likeness (QED) is 0.636. The van der Waals surface area contributed by atoms with E-state index in [1.165, 1.54) is 7.11 Å². The minimum absolute atomic E-state index is 0.154. The third-order valence-corrected chi connectivity index (χ3v) is 2.40. The van der Waals surface area contributed by atoms with E-state index in [1.807, 2.05) is 0 Å². The predicted octanol–water partition coefficient (Wildman–Crippen LogP) is 1.70. The second-order valence-electron chi connectivity index (χ2n) is 3.77. The molecule has 5 heteroatoms. The smallest absolute Gasteiger partial charge is 0.338 e. The molecule has 0 aliphatic carbocycles. The number of methoxy groups -OCH3 is 1. The minimum Gasteiger partial charge on any atom is -0.465 e. The number of ether oxygens (including phenoxy) is 1. The lowest BCUT2D eigenvalue weighted by Gasteiger charge is -2.08. The van der Waals surface area contributed by atoms with Gasteiger partial charge in [-0.15, -0.1) is 0 Å². The molecule has 0 spiro atoms. The molecule has 0 aliphatic rings. The van der Waals surface area contributed by atoms with Crippen molar-refractivity contribution in [3.05, 3.63) is 29.3 Å². The molecule has 1 aromatic rings. The average Bonchev–Trinajstić information content (AvgIpc) is 2.35. The van der Waals surface area contributed by atoms with E-state index in [0.29, 0.717) is 17.5 Å². The highest BCUT2D eigenvalue weighted by molar-refractivity contribution is 5.94. The van der Waals surface area contributed by atoms with Gasteiger partial charge in [0, 0.05) is 18.5 Å². The zero-order chi connectivity index (χ0) is 13.5. The maximum Gasteiger partial charge on any atom is 0.338 e. The van der Waals surface area contributed by atoms with Crippen LogP contribution in [-0.2, 0) is 14.3 Å². The maximum atomic E-state index is 11.4. The number of anilines is 1. The number of aldehydes is 1. The first-order valence-electron chi connectivity index (χ1n) is 5.51. The van der Waals surface area contributed by atoms with E-state index in [-0.39, 0.29) is 18.7 Å². The van der Waals surface area contributed by atoms with Gasteiger partial charge in [0.25, 0.3) is 0 Å². The second kappa shape index (κ2) is 6.54. The summed E-state index contributed by atoms with van der Waals surface area (Å²) in [5.41, 5.74) is 1.77. The molecule has 0 fully saturated rings. The summed E-state index contributed by atoms with van der Waals surface area (Å²) in [6.07, 6.45) is 1.05. The van der Waals surface area contributed by atoms with Crippen LogP contribution in [0.4, 0.5) is 5.69 Å². The van der Waals surface area contributed by atoms with Gasteiger partial charge in [-0.25, -0.2) is 4.79 Å². The van der Waals surface area contributed by atoms with Crippen molar-refractivity contribution in [3.8, 4) is 0 Å². The minimum atomic E-state index is -0.411. The molecule has 1 N–H and O–H groups in total. The maximum absolute atomic E-state index is 11.4. The lowest BCUT2D eigenvalue weighted by molar-refractivity contribution is -0.118. The van der Waals surface area contributed by atoms with Gasteiger partial charge in [0.1, 0.15) is 6.29 Å². The SMILES string of the molecule is COC(=O)c1ccc(NC(=O)CCC=O)cc1C. The molecule has 0 aliphatic heterocycles. The van der Waals surface area contributed by atoms with Gasteiger partial charge in [-0.2, -0.15) is 0 Å². The Morgan fingerprint density at radius 2 is 2.11 bits per heavy atom.